The van der Waals surface area contributed by atoms with Crippen LogP contribution < -0.4 is 0 Å². The number of benzene rings is 2. The molecule has 178 valence electrons. The van der Waals surface area contributed by atoms with E-state index in [1.54, 1.807) is 23.5 Å². The number of hydrogen-bond acceptors (Lipinski definition) is 6. The Bertz CT molecular complexity index is 970. The molecule has 0 aromatic heterocycles. The van der Waals surface area contributed by atoms with Gasteiger partial charge in [0.05, 0.1) is 23.7 Å². The highest BCUT2D eigenvalue weighted by molar-refractivity contribution is 8.01. The van der Waals surface area contributed by atoms with E-state index in [-0.39, 0.29) is 17.1 Å². The van der Waals surface area contributed by atoms with Gasteiger partial charge in [-0.1, -0.05) is 54.6 Å². The minimum absolute atomic E-state index is 0.0249. The van der Waals surface area contributed by atoms with Crippen LogP contribution in [0.3, 0.4) is 0 Å². The maximum atomic E-state index is 12.4. The van der Waals surface area contributed by atoms with Gasteiger partial charge in [0, 0.05) is 6.42 Å². The molecule has 33 heavy (non-hydrogen) atoms. The van der Waals surface area contributed by atoms with Gasteiger partial charge in [0.25, 0.3) is 0 Å². The van der Waals surface area contributed by atoms with Crippen molar-refractivity contribution in [3.05, 3.63) is 60.2 Å². The van der Waals surface area contributed by atoms with Crippen LogP contribution in [0.5, 0.6) is 0 Å². The zero-order valence-electron chi connectivity index (χ0n) is 19.5. The van der Waals surface area contributed by atoms with Crippen molar-refractivity contribution >= 4 is 46.0 Å². The first-order valence-electron chi connectivity index (χ1n) is 11.6. The van der Waals surface area contributed by atoms with Crippen molar-refractivity contribution in [1.29, 1.82) is 0 Å². The molecule has 3 atom stereocenters. The normalized spacial score (nSPS) is 20.4. The molecule has 3 rings (SSSR count). The summed E-state index contributed by atoms with van der Waals surface area (Å²) in [6, 6.07) is 14.8. The Morgan fingerprint density at radius 3 is 2.79 bits per heavy atom. The summed E-state index contributed by atoms with van der Waals surface area (Å²) in [7, 11) is 1.40. The summed E-state index contributed by atoms with van der Waals surface area (Å²) in [6.07, 6.45) is 7.82. The van der Waals surface area contributed by atoms with E-state index in [1.807, 2.05) is 25.1 Å². The molecule has 4 nitrogen and oxygen atoms in total. The summed E-state index contributed by atoms with van der Waals surface area (Å²) in [5.41, 5.74) is 0.314. The molecule has 0 amide bonds. The van der Waals surface area contributed by atoms with E-state index in [0.717, 1.165) is 30.8 Å². The first-order chi connectivity index (χ1) is 15.9. The maximum Gasteiger partial charge on any atom is 0.315 e. The van der Waals surface area contributed by atoms with E-state index in [1.165, 1.54) is 23.4 Å². The number of rotatable bonds is 12. The van der Waals surface area contributed by atoms with Crippen LogP contribution in [0.4, 0.5) is 0 Å². The Morgan fingerprint density at radius 2 is 2.00 bits per heavy atom. The number of ether oxygens (including phenoxy) is 1. The summed E-state index contributed by atoms with van der Waals surface area (Å²) in [5.74, 6) is 2.45. The van der Waals surface area contributed by atoms with E-state index < -0.39 is 5.60 Å². The van der Waals surface area contributed by atoms with E-state index in [4.69, 9.17) is 0 Å². The fourth-order valence-electron chi connectivity index (χ4n) is 4.05. The van der Waals surface area contributed by atoms with Crippen molar-refractivity contribution in [1.82, 2.24) is 0 Å². The molecule has 1 fully saturated rings. The Balaban J connectivity index is 1.46. The number of thioether (sulfide) groups is 2. The van der Waals surface area contributed by atoms with E-state index in [9.17, 15) is 14.7 Å². The molecule has 0 spiro atoms. The number of fused-ring (bicyclic) bond motifs is 1. The van der Waals surface area contributed by atoms with Crippen LogP contribution in [0.1, 0.15) is 38.2 Å². The van der Waals surface area contributed by atoms with Crippen molar-refractivity contribution in [3.8, 4) is 0 Å². The van der Waals surface area contributed by atoms with Gasteiger partial charge >= 0.3 is 5.97 Å². The van der Waals surface area contributed by atoms with Crippen LogP contribution in [-0.4, -0.2) is 52.1 Å². The number of aryl methyl sites for hydroxylation is 1. The fraction of sp³-hybridized carbons (Fsp3) is 0.481. The molecule has 1 unspecified atom stereocenters. The third-order valence-corrected chi connectivity index (χ3v) is 8.56. The first kappa shape index (κ1) is 25.9. The van der Waals surface area contributed by atoms with Gasteiger partial charge in [-0.3, -0.25) is 9.59 Å². The molecule has 0 aliphatic heterocycles. The molecule has 0 radical (unpaired) electrons. The number of carbonyl (C=O) groups is 2. The van der Waals surface area contributed by atoms with Gasteiger partial charge in [0.2, 0.25) is 0 Å². The molecule has 1 aliphatic rings. The Kier molecular flexibility index (Phi) is 9.90. The minimum atomic E-state index is -0.906. The molecule has 2 aromatic rings. The largest absolute Gasteiger partial charge is 0.468 e. The molecule has 2 aromatic carbocycles. The molecule has 1 saturated carbocycles. The average molecular weight is 487 g/mol. The van der Waals surface area contributed by atoms with Crippen molar-refractivity contribution in [3.63, 3.8) is 0 Å². The highest BCUT2D eigenvalue weighted by atomic mass is 32.2. The first-order valence-corrected chi connectivity index (χ1v) is 13.8. The molecule has 1 N–H and O–H groups in total. The van der Waals surface area contributed by atoms with Gasteiger partial charge in [0.1, 0.15) is 5.78 Å². The summed E-state index contributed by atoms with van der Waals surface area (Å²) in [5, 5.41) is 13.3. The number of ketones is 1. The number of hydrogen-bond donors (Lipinski definition) is 1. The zero-order chi connectivity index (χ0) is 23.7. The van der Waals surface area contributed by atoms with Crippen LogP contribution in [0.2, 0.25) is 0 Å². The lowest BCUT2D eigenvalue weighted by molar-refractivity contribution is -0.137. The Morgan fingerprint density at radius 1 is 1.21 bits per heavy atom. The second-order valence-corrected chi connectivity index (χ2v) is 11.2. The topological polar surface area (TPSA) is 63.6 Å². The smallest absolute Gasteiger partial charge is 0.315 e. The van der Waals surface area contributed by atoms with Gasteiger partial charge in [-0.2, -0.15) is 11.8 Å². The molecule has 0 heterocycles. The van der Waals surface area contributed by atoms with Crippen molar-refractivity contribution < 1.29 is 19.4 Å². The van der Waals surface area contributed by atoms with Gasteiger partial charge < -0.3 is 9.84 Å². The Hall–Kier alpha value is -1.76. The number of aliphatic hydroxyl groups is 1. The van der Waals surface area contributed by atoms with Crippen molar-refractivity contribution in [2.75, 3.05) is 24.4 Å². The summed E-state index contributed by atoms with van der Waals surface area (Å²) in [4.78, 5) is 23.5. The van der Waals surface area contributed by atoms with Gasteiger partial charge in [-0.05, 0) is 66.4 Å². The Labute approximate surface area is 205 Å². The van der Waals surface area contributed by atoms with Gasteiger partial charge in [-0.25, -0.2) is 0 Å². The monoisotopic (exact) mass is 486 g/mol. The molecule has 1 aliphatic carbocycles. The lowest BCUT2D eigenvalue weighted by Gasteiger charge is -2.21. The second kappa shape index (κ2) is 12.6. The van der Waals surface area contributed by atoms with Gasteiger partial charge in [-0.15, -0.1) is 11.8 Å². The van der Waals surface area contributed by atoms with Crippen LogP contribution >= 0.6 is 23.5 Å². The fourth-order valence-corrected chi connectivity index (χ4v) is 6.35. The highest BCUT2D eigenvalue weighted by Crippen LogP contribution is 2.34. The number of allylic oxidation sites excluding steroid dienone is 1. The van der Waals surface area contributed by atoms with Crippen LogP contribution in [-0.2, 0) is 20.7 Å². The lowest BCUT2D eigenvalue weighted by atomic mass is 9.93. The van der Waals surface area contributed by atoms with E-state index in [0.29, 0.717) is 24.4 Å². The highest BCUT2D eigenvalue weighted by Gasteiger charge is 2.33. The minimum Gasteiger partial charge on any atom is -0.468 e. The predicted molar refractivity (Wildman–Crippen MR) is 140 cm³/mol. The van der Waals surface area contributed by atoms with Crippen LogP contribution in [0, 0.1) is 5.92 Å². The number of methoxy groups -OCH3 is 1. The molecular formula is C27H34O4S2. The third kappa shape index (κ3) is 8.20. The molecule has 6 heteroatoms. The van der Waals surface area contributed by atoms with Crippen LogP contribution in [0.25, 0.3) is 10.8 Å². The van der Waals surface area contributed by atoms with Crippen molar-refractivity contribution in [2.24, 2.45) is 5.92 Å². The summed E-state index contributed by atoms with van der Waals surface area (Å²) < 4.78 is 4.64. The molecular weight excluding hydrogens is 452 g/mol. The lowest BCUT2D eigenvalue weighted by Crippen LogP contribution is -2.23. The zero-order valence-corrected chi connectivity index (χ0v) is 21.1. The summed E-state index contributed by atoms with van der Waals surface area (Å²) >= 11 is 3.28. The van der Waals surface area contributed by atoms with E-state index in [2.05, 4.69) is 41.1 Å². The predicted octanol–water partition coefficient (Wildman–Crippen LogP) is 5.46. The van der Waals surface area contributed by atoms with E-state index >= 15 is 0 Å². The van der Waals surface area contributed by atoms with Gasteiger partial charge in [0.15, 0.2) is 0 Å². The average Bonchev–Trinajstić information content (AvgIpc) is 3.17. The maximum absolute atomic E-state index is 12.4. The number of Topliss-reactive ketones (excluding diaryl/α,β-unsaturated/α-hetero) is 1. The van der Waals surface area contributed by atoms with Crippen LogP contribution in [0.15, 0.2) is 54.6 Å². The van der Waals surface area contributed by atoms with Crippen molar-refractivity contribution in [2.45, 2.75) is 49.9 Å². The quantitative estimate of drug-likeness (QED) is 0.244. The third-order valence-electron chi connectivity index (χ3n) is 6.04. The number of carbonyl (C=O) groups excluding carboxylic acids is 2. The summed E-state index contributed by atoms with van der Waals surface area (Å²) in [6.45, 7) is 1.85. The molecule has 0 saturated heterocycles. The molecule has 0 bridgehead atoms. The standard InChI is InChI=1S/C27H34O4S2/c1-27(30,14-12-20-8-9-21-6-3-4-7-23(21)18-20)15-13-22-10-11-24(28)26(22)33-17-5-16-32-19-25(29)31-2/h3-4,6-9,13,15,18,22,26,30H,5,10-12,14,16-17,19H2,1-2H3/t22-,26+,27?/m0/s1. The second-order valence-electron chi connectivity index (χ2n) is 8.84. The number of esters is 1. The SMILES string of the molecule is COC(=O)CSCCCS[C@H]1C(=O)CC[C@H]1C=CC(C)(O)CCc1ccc2ccccc2c1.